The molecule has 8 nitrogen and oxygen atoms in total. The fraction of sp³-hybridized carbons (Fsp3) is 0.421. The highest BCUT2D eigenvalue weighted by molar-refractivity contribution is 7.92. The molecule has 0 aliphatic carbocycles. The van der Waals surface area contributed by atoms with Crippen molar-refractivity contribution in [1.29, 1.82) is 0 Å². The van der Waals surface area contributed by atoms with Crippen LogP contribution in [0.2, 0.25) is 0 Å². The van der Waals surface area contributed by atoms with Gasteiger partial charge in [-0.2, -0.15) is 4.31 Å². The number of benzene rings is 1. The second-order valence-electron chi connectivity index (χ2n) is 7.15. The van der Waals surface area contributed by atoms with E-state index in [1.165, 1.54) is 27.9 Å². The molecule has 0 spiro atoms. The van der Waals surface area contributed by atoms with Gasteiger partial charge in [-0.1, -0.05) is 18.2 Å². The van der Waals surface area contributed by atoms with Crippen LogP contribution in [-0.4, -0.2) is 70.8 Å². The van der Waals surface area contributed by atoms with Crippen molar-refractivity contribution in [2.75, 3.05) is 32.8 Å². The highest BCUT2D eigenvalue weighted by Crippen LogP contribution is 2.30. The minimum absolute atomic E-state index is 0.0177. The van der Waals surface area contributed by atoms with Crippen LogP contribution in [0.25, 0.3) is 0 Å². The van der Waals surface area contributed by atoms with Gasteiger partial charge < -0.3 is 9.64 Å². The quantitative estimate of drug-likeness (QED) is 0.658. The summed E-state index contributed by atoms with van der Waals surface area (Å²) < 4.78 is 58.2. The first-order valence-corrected chi connectivity index (χ1v) is 13.4. The van der Waals surface area contributed by atoms with E-state index >= 15 is 0 Å². The summed E-state index contributed by atoms with van der Waals surface area (Å²) in [5.74, 6) is -0.0862. The summed E-state index contributed by atoms with van der Waals surface area (Å²) in [5, 5.41) is 1.35. The number of carbonyl (C=O) groups is 1. The Morgan fingerprint density at radius 1 is 1.00 bits per heavy atom. The number of nitrogens with zero attached hydrogens (tertiary/aromatic N) is 2. The fourth-order valence-corrected chi connectivity index (χ4v) is 8.04. The maximum Gasteiger partial charge on any atom is 0.252 e. The minimum atomic E-state index is -3.83. The highest BCUT2D eigenvalue weighted by atomic mass is 32.2. The summed E-state index contributed by atoms with van der Waals surface area (Å²) in [6, 6.07) is 9.12. The van der Waals surface area contributed by atoms with Crippen LogP contribution in [0.1, 0.15) is 12.8 Å². The Balaban J connectivity index is 1.47. The average Bonchev–Trinajstić information content (AvgIpc) is 3.47. The lowest BCUT2D eigenvalue weighted by Gasteiger charge is -2.34. The van der Waals surface area contributed by atoms with Crippen molar-refractivity contribution in [1.82, 2.24) is 9.21 Å². The zero-order chi connectivity index (χ0) is 21.4. The summed E-state index contributed by atoms with van der Waals surface area (Å²) in [6.07, 6.45) is 1.14. The molecular formula is C19H22N2O6S3. The molecule has 1 aromatic carbocycles. The molecule has 2 saturated heterocycles. The molecule has 0 bridgehead atoms. The molecule has 3 heterocycles. The van der Waals surface area contributed by atoms with Crippen LogP contribution in [0, 0.1) is 0 Å². The molecule has 2 fully saturated rings. The van der Waals surface area contributed by atoms with Crippen molar-refractivity contribution >= 4 is 37.1 Å². The lowest BCUT2D eigenvalue weighted by molar-refractivity contribution is -0.142. The van der Waals surface area contributed by atoms with Gasteiger partial charge in [0.05, 0.1) is 9.79 Å². The third-order valence-corrected chi connectivity index (χ3v) is 10.5. The summed E-state index contributed by atoms with van der Waals surface area (Å²) in [6.45, 7) is 1.49. The number of thiophene rings is 1. The van der Waals surface area contributed by atoms with Crippen LogP contribution in [0.3, 0.4) is 0 Å². The Labute approximate surface area is 180 Å². The van der Waals surface area contributed by atoms with Gasteiger partial charge in [-0.05, 0) is 31.0 Å². The second-order valence-corrected chi connectivity index (χ2v) is 12.2. The van der Waals surface area contributed by atoms with E-state index in [0.717, 1.165) is 17.8 Å². The van der Waals surface area contributed by atoms with E-state index in [4.69, 9.17) is 4.74 Å². The molecule has 0 N–H and O–H groups in total. The number of amides is 1. The predicted molar refractivity (Wildman–Crippen MR) is 111 cm³/mol. The third-order valence-electron chi connectivity index (χ3n) is 5.26. The molecule has 0 radical (unpaired) electrons. The second kappa shape index (κ2) is 8.39. The number of sulfone groups is 1. The smallest absolute Gasteiger partial charge is 0.252 e. The van der Waals surface area contributed by atoms with Crippen LogP contribution in [0.4, 0.5) is 0 Å². The Morgan fingerprint density at radius 2 is 1.70 bits per heavy atom. The third kappa shape index (κ3) is 4.04. The van der Waals surface area contributed by atoms with Gasteiger partial charge in [0.15, 0.2) is 0 Å². The fourth-order valence-electron chi connectivity index (χ4n) is 3.56. The number of sulfonamides is 1. The van der Waals surface area contributed by atoms with E-state index in [1.54, 1.807) is 23.1 Å². The van der Waals surface area contributed by atoms with Gasteiger partial charge in [-0.25, -0.2) is 16.8 Å². The first-order chi connectivity index (χ1) is 14.3. The molecule has 1 unspecified atom stereocenters. The van der Waals surface area contributed by atoms with Crippen LogP contribution in [0.5, 0.6) is 0 Å². The van der Waals surface area contributed by atoms with Gasteiger partial charge in [-0.3, -0.25) is 4.79 Å². The van der Waals surface area contributed by atoms with Crippen molar-refractivity contribution in [3.63, 3.8) is 0 Å². The predicted octanol–water partition coefficient (Wildman–Crippen LogP) is 1.59. The molecule has 30 heavy (non-hydrogen) atoms. The molecule has 1 amide bonds. The summed E-state index contributed by atoms with van der Waals surface area (Å²) in [7, 11) is -7.61. The number of ether oxygens (including phenoxy) is 1. The summed E-state index contributed by atoms with van der Waals surface area (Å²) in [4.78, 5) is 14.2. The maximum atomic E-state index is 13.0. The minimum Gasteiger partial charge on any atom is -0.368 e. The van der Waals surface area contributed by atoms with E-state index in [-0.39, 0.29) is 33.0 Å². The Morgan fingerprint density at radius 3 is 2.33 bits per heavy atom. The first kappa shape index (κ1) is 21.4. The molecule has 162 valence electrons. The largest absolute Gasteiger partial charge is 0.368 e. The zero-order valence-corrected chi connectivity index (χ0v) is 18.6. The molecule has 2 aliphatic heterocycles. The zero-order valence-electron chi connectivity index (χ0n) is 16.1. The van der Waals surface area contributed by atoms with E-state index in [0.29, 0.717) is 26.1 Å². The maximum absolute atomic E-state index is 13.0. The van der Waals surface area contributed by atoms with E-state index in [9.17, 15) is 21.6 Å². The number of piperazine rings is 1. The molecule has 1 aromatic heterocycles. The van der Waals surface area contributed by atoms with E-state index < -0.39 is 26.0 Å². The number of rotatable bonds is 5. The van der Waals surface area contributed by atoms with Crippen LogP contribution in [0.15, 0.2) is 55.8 Å². The molecule has 2 aromatic rings. The topological polar surface area (TPSA) is 101 Å². The van der Waals surface area contributed by atoms with Crippen molar-refractivity contribution in [3.05, 3.63) is 41.8 Å². The number of hydrogen-bond donors (Lipinski definition) is 0. The molecule has 2 aliphatic rings. The van der Waals surface area contributed by atoms with Gasteiger partial charge >= 0.3 is 0 Å². The first-order valence-electron chi connectivity index (χ1n) is 9.59. The molecule has 11 heteroatoms. The Hall–Kier alpha value is -1.79. The van der Waals surface area contributed by atoms with Crippen molar-refractivity contribution in [2.45, 2.75) is 32.9 Å². The Bertz CT molecular complexity index is 1110. The Kier molecular flexibility index (Phi) is 5.99. The van der Waals surface area contributed by atoms with E-state index in [2.05, 4.69) is 0 Å². The van der Waals surface area contributed by atoms with Gasteiger partial charge in [-0.15, -0.1) is 11.3 Å². The van der Waals surface area contributed by atoms with Crippen LogP contribution < -0.4 is 0 Å². The molecule has 0 saturated carbocycles. The monoisotopic (exact) mass is 470 g/mol. The lowest BCUT2D eigenvalue weighted by atomic mass is 10.2. The van der Waals surface area contributed by atoms with Gasteiger partial charge in [0.25, 0.3) is 15.9 Å². The summed E-state index contributed by atoms with van der Waals surface area (Å²) >= 11 is 0.890. The normalized spacial score (nSPS) is 21.1. The van der Waals surface area contributed by atoms with Gasteiger partial charge in [0.2, 0.25) is 9.84 Å². The lowest BCUT2D eigenvalue weighted by Crippen LogP contribution is -2.52. The average molecular weight is 471 g/mol. The van der Waals surface area contributed by atoms with Gasteiger partial charge in [0.1, 0.15) is 10.3 Å². The van der Waals surface area contributed by atoms with Crippen LogP contribution >= 0.6 is 11.3 Å². The SMILES string of the molecule is O=C(C1CCCO1)N1CCN(S(=O)(=O)c2cc(S(=O)(=O)c3ccccc3)cs2)CC1. The standard InChI is InChI=1S/C19H22N2O6S3/c22-19(17-7-4-12-27-17)20-8-10-21(11-9-20)30(25,26)18-13-16(14-28-18)29(23,24)15-5-2-1-3-6-15/h1-3,5-6,13-14,17H,4,7-12H2. The van der Waals surface area contributed by atoms with Gasteiger partial charge in [0, 0.05) is 38.2 Å². The molecule has 1 atom stereocenters. The summed E-state index contributed by atoms with van der Waals surface area (Å²) in [5.41, 5.74) is 0. The van der Waals surface area contributed by atoms with Crippen molar-refractivity contribution in [3.8, 4) is 0 Å². The van der Waals surface area contributed by atoms with Crippen molar-refractivity contribution < 1.29 is 26.4 Å². The molecular weight excluding hydrogens is 448 g/mol. The number of carbonyl (C=O) groups excluding carboxylic acids is 1. The molecule has 4 rings (SSSR count). The van der Waals surface area contributed by atoms with Crippen LogP contribution in [-0.2, 0) is 29.4 Å². The highest BCUT2D eigenvalue weighted by Gasteiger charge is 2.35. The number of hydrogen-bond acceptors (Lipinski definition) is 7. The van der Waals surface area contributed by atoms with Crippen molar-refractivity contribution in [2.24, 2.45) is 0 Å². The van der Waals surface area contributed by atoms with E-state index in [1.807, 2.05) is 0 Å².